The second kappa shape index (κ2) is 10.0. The molecule has 0 saturated carbocycles. The van der Waals surface area contributed by atoms with Crippen LogP contribution in [0.4, 0.5) is 0 Å². The van der Waals surface area contributed by atoms with Crippen molar-refractivity contribution in [3.8, 4) is 0 Å². The summed E-state index contributed by atoms with van der Waals surface area (Å²) in [5, 5.41) is 10.3. The number of aryl methyl sites for hydroxylation is 1. The molecule has 0 fully saturated rings. The van der Waals surface area contributed by atoms with Crippen LogP contribution < -0.4 is 0 Å². The second-order valence-electron chi connectivity index (χ2n) is 7.15. The van der Waals surface area contributed by atoms with Gasteiger partial charge in [-0.25, -0.2) is 0 Å². The lowest BCUT2D eigenvalue weighted by atomic mass is 10.1. The van der Waals surface area contributed by atoms with Crippen LogP contribution in [0.25, 0.3) is 0 Å². The number of hydrogen-bond acceptors (Lipinski definition) is 4. The highest BCUT2D eigenvalue weighted by Gasteiger charge is 2.16. The average Bonchev–Trinajstić information content (AvgIpc) is 2.44. The lowest BCUT2D eigenvalue weighted by Gasteiger charge is -2.27. The van der Waals surface area contributed by atoms with Gasteiger partial charge in [-0.1, -0.05) is 29.8 Å². The zero-order valence-electron chi connectivity index (χ0n) is 15.3. The van der Waals surface area contributed by atoms with Gasteiger partial charge in [0, 0.05) is 33.4 Å². The monoisotopic (exact) mass is 323 g/mol. The van der Waals surface area contributed by atoms with Gasteiger partial charge in [0.25, 0.3) is 0 Å². The summed E-state index contributed by atoms with van der Waals surface area (Å²) in [5.41, 5.74) is 2.31. The number of hydrogen-bond donors (Lipinski definition) is 1. The van der Waals surface area contributed by atoms with E-state index in [0.717, 1.165) is 26.1 Å². The van der Waals surface area contributed by atoms with Gasteiger partial charge in [0.1, 0.15) is 0 Å². The number of aliphatic hydroxyl groups is 1. The summed E-state index contributed by atoms with van der Waals surface area (Å²) in [6.07, 6.45) is 0.469. The lowest BCUT2D eigenvalue weighted by Crippen LogP contribution is -2.37. The highest BCUT2D eigenvalue weighted by molar-refractivity contribution is 5.22. The van der Waals surface area contributed by atoms with E-state index in [1.807, 2.05) is 20.8 Å². The minimum atomic E-state index is -0.485. The van der Waals surface area contributed by atoms with Crippen LogP contribution in [0.15, 0.2) is 24.3 Å². The van der Waals surface area contributed by atoms with Crippen LogP contribution in [0, 0.1) is 6.92 Å². The van der Waals surface area contributed by atoms with Crippen LogP contribution in [0.1, 0.15) is 38.3 Å². The first-order chi connectivity index (χ1) is 10.8. The molecule has 1 rings (SSSR count). The summed E-state index contributed by atoms with van der Waals surface area (Å²) >= 11 is 0. The zero-order chi connectivity index (χ0) is 17.3. The molecule has 0 heterocycles. The van der Waals surface area contributed by atoms with Gasteiger partial charge in [0.2, 0.25) is 0 Å². The first-order valence-electron chi connectivity index (χ1n) is 8.39. The molecule has 4 heteroatoms. The molecule has 0 aliphatic carbocycles. The molecule has 0 radical (unpaired) electrons. The molecule has 0 spiro atoms. The molecule has 1 aromatic carbocycles. The van der Waals surface area contributed by atoms with Gasteiger partial charge in [0.05, 0.1) is 18.3 Å². The van der Waals surface area contributed by atoms with Crippen LogP contribution in [0.3, 0.4) is 0 Å². The predicted octanol–water partition coefficient (Wildman–Crippen LogP) is 3.01. The fourth-order valence-electron chi connectivity index (χ4n) is 2.43. The third-order valence-corrected chi connectivity index (χ3v) is 3.49. The fourth-order valence-corrected chi connectivity index (χ4v) is 2.43. The highest BCUT2D eigenvalue weighted by Crippen LogP contribution is 2.11. The van der Waals surface area contributed by atoms with Gasteiger partial charge in [0.15, 0.2) is 0 Å². The molecule has 1 aromatic rings. The van der Waals surface area contributed by atoms with E-state index in [1.54, 1.807) is 7.11 Å². The van der Waals surface area contributed by atoms with E-state index in [1.165, 1.54) is 11.1 Å². The van der Waals surface area contributed by atoms with Crippen molar-refractivity contribution in [1.29, 1.82) is 0 Å². The maximum Gasteiger partial charge on any atom is 0.0900 e. The molecule has 1 N–H and O–H groups in total. The van der Waals surface area contributed by atoms with Gasteiger partial charge < -0.3 is 14.6 Å². The van der Waals surface area contributed by atoms with Gasteiger partial charge in [-0.05, 0) is 39.7 Å². The van der Waals surface area contributed by atoms with Crippen molar-refractivity contribution in [2.45, 2.75) is 52.4 Å². The minimum Gasteiger partial charge on any atom is -0.389 e. The van der Waals surface area contributed by atoms with Crippen LogP contribution >= 0.6 is 0 Å². The Morgan fingerprint density at radius 3 is 2.61 bits per heavy atom. The maximum atomic E-state index is 10.3. The molecule has 0 saturated heterocycles. The molecular weight excluding hydrogens is 290 g/mol. The molecule has 0 bridgehead atoms. The Morgan fingerprint density at radius 2 is 2.00 bits per heavy atom. The van der Waals surface area contributed by atoms with E-state index in [4.69, 9.17) is 9.47 Å². The summed E-state index contributed by atoms with van der Waals surface area (Å²) < 4.78 is 10.8. The third-order valence-electron chi connectivity index (χ3n) is 3.49. The lowest BCUT2D eigenvalue weighted by molar-refractivity contribution is -0.0569. The third kappa shape index (κ3) is 9.72. The maximum absolute atomic E-state index is 10.3. The number of ether oxygens (including phenoxy) is 2. The van der Waals surface area contributed by atoms with E-state index >= 15 is 0 Å². The van der Waals surface area contributed by atoms with E-state index in [0.29, 0.717) is 13.2 Å². The van der Waals surface area contributed by atoms with Crippen molar-refractivity contribution < 1.29 is 14.6 Å². The second-order valence-corrected chi connectivity index (χ2v) is 7.15. The Kier molecular flexibility index (Phi) is 8.77. The molecule has 0 aromatic heterocycles. The Balaban J connectivity index is 2.57. The van der Waals surface area contributed by atoms with Crippen molar-refractivity contribution in [1.82, 2.24) is 4.90 Å². The number of rotatable bonds is 10. The van der Waals surface area contributed by atoms with E-state index in [9.17, 15) is 5.11 Å². The van der Waals surface area contributed by atoms with Crippen LogP contribution in [-0.2, 0) is 16.0 Å². The molecule has 4 nitrogen and oxygen atoms in total. The number of benzene rings is 1. The van der Waals surface area contributed by atoms with Crippen molar-refractivity contribution in [3.05, 3.63) is 35.4 Å². The van der Waals surface area contributed by atoms with Crippen LogP contribution in [0.5, 0.6) is 0 Å². The van der Waals surface area contributed by atoms with E-state index < -0.39 is 6.10 Å². The summed E-state index contributed by atoms with van der Waals surface area (Å²) in [4.78, 5) is 2.27. The van der Waals surface area contributed by atoms with Crippen LogP contribution in [0.2, 0.25) is 0 Å². The molecule has 1 atom stereocenters. The van der Waals surface area contributed by atoms with E-state index in [-0.39, 0.29) is 5.60 Å². The molecule has 132 valence electrons. The van der Waals surface area contributed by atoms with Crippen LogP contribution in [-0.4, -0.2) is 55.1 Å². The van der Waals surface area contributed by atoms with E-state index in [2.05, 4.69) is 36.1 Å². The summed E-state index contributed by atoms with van der Waals surface area (Å²) in [5.74, 6) is 0. The molecule has 0 amide bonds. The average molecular weight is 323 g/mol. The van der Waals surface area contributed by atoms with Crippen molar-refractivity contribution >= 4 is 0 Å². The van der Waals surface area contributed by atoms with Gasteiger partial charge in [-0.3, -0.25) is 4.90 Å². The predicted molar refractivity (Wildman–Crippen MR) is 94.7 cm³/mol. The largest absolute Gasteiger partial charge is 0.389 e. The summed E-state index contributed by atoms with van der Waals surface area (Å²) in [6.45, 7) is 11.5. The Morgan fingerprint density at radius 1 is 1.26 bits per heavy atom. The molecular formula is C19H33NO3. The van der Waals surface area contributed by atoms with Crippen molar-refractivity contribution in [2.75, 3.05) is 33.4 Å². The topological polar surface area (TPSA) is 41.9 Å². The Labute approximate surface area is 141 Å². The van der Waals surface area contributed by atoms with Crippen molar-refractivity contribution in [3.63, 3.8) is 0 Å². The number of aliphatic hydroxyl groups excluding tert-OH is 1. The van der Waals surface area contributed by atoms with Gasteiger partial charge >= 0.3 is 0 Å². The highest BCUT2D eigenvalue weighted by atomic mass is 16.5. The summed E-state index contributed by atoms with van der Waals surface area (Å²) in [6, 6.07) is 8.51. The first-order valence-corrected chi connectivity index (χ1v) is 8.39. The number of methoxy groups -OCH3 is 1. The Hall–Kier alpha value is -0.940. The SMILES string of the molecule is COCCCN(Cc1cccc(C)c1)CC(O)COC(C)(C)C. The zero-order valence-corrected chi connectivity index (χ0v) is 15.3. The smallest absolute Gasteiger partial charge is 0.0900 e. The number of nitrogens with zero attached hydrogens (tertiary/aromatic N) is 1. The quantitative estimate of drug-likeness (QED) is 0.672. The molecule has 23 heavy (non-hydrogen) atoms. The minimum absolute atomic E-state index is 0.224. The molecule has 1 unspecified atom stereocenters. The first kappa shape index (κ1) is 20.1. The normalized spacial score (nSPS) is 13.5. The summed E-state index contributed by atoms with van der Waals surface area (Å²) in [7, 11) is 1.72. The van der Waals surface area contributed by atoms with Gasteiger partial charge in [-0.15, -0.1) is 0 Å². The van der Waals surface area contributed by atoms with Crippen molar-refractivity contribution in [2.24, 2.45) is 0 Å². The van der Waals surface area contributed by atoms with Gasteiger partial charge in [-0.2, -0.15) is 0 Å². The molecule has 0 aliphatic heterocycles. The standard InChI is InChI=1S/C19H33NO3/c1-16-8-6-9-17(12-16)13-20(10-7-11-22-5)14-18(21)15-23-19(2,3)4/h6,8-9,12,18,21H,7,10-11,13-15H2,1-5H3. The Bertz CT molecular complexity index is 442. The molecule has 0 aliphatic rings. The fraction of sp³-hybridized carbons (Fsp3) is 0.684.